The Morgan fingerprint density at radius 3 is 2.59 bits per heavy atom. The molecule has 0 radical (unpaired) electrons. The van der Waals surface area contributed by atoms with Crippen LogP contribution in [0.1, 0.15) is 49.0 Å². The molecule has 0 aliphatic carbocycles. The molecule has 0 atom stereocenters. The van der Waals surface area contributed by atoms with E-state index in [9.17, 15) is 13.2 Å². The molecule has 1 aliphatic heterocycles. The van der Waals surface area contributed by atoms with Crippen molar-refractivity contribution < 1.29 is 17.9 Å². The summed E-state index contributed by atoms with van der Waals surface area (Å²) >= 11 is 0. The van der Waals surface area contributed by atoms with Gasteiger partial charge in [-0.1, -0.05) is 13.3 Å². The van der Waals surface area contributed by atoms with Crippen LogP contribution in [-0.2, 0) is 16.4 Å². The molecule has 2 aromatic carbocycles. The van der Waals surface area contributed by atoms with E-state index in [1.54, 1.807) is 43.3 Å². The van der Waals surface area contributed by atoms with Crippen LogP contribution in [0.3, 0.4) is 0 Å². The molecule has 1 heterocycles. The first kappa shape index (κ1) is 21.2. The maximum atomic E-state index is 12.6. The lowest BCUT2D eigenvalue weighted by Gasteiger charge is -2.30. The summed E-state index contributed by atoms with van der Waals surface area (Å²) in [5.74, 6) is 0.614. The van der Waals surface area contributed by atoms with Gasteiger partial charge in [0.25, 0.3) is 5.91 Å². The number of rotatable bonds is 8. The summed E-state index contributed by atoms with van der Waals surface area (Å²) < 4.78 is 31.7. The number of carbonyl (C=O) groups excluding carboxylic acids is 1. The third-order valence-electron chi connectivity index (χ3n) is 5.00. The summed E-state index contributed by atoms with van der Waals surface area (Å²) in [6, 6.07) is 12.5. The van der Waals surface area contributed by atoms with E-state index < -0.39 is 10.0 Å². The normalized spacial score (nSPS) is 13.7. The van der Waals surface area contributed by atoms with E-state index in [0.717, 1.165) is 37.0 Å². The zero-order chi connectivity index (χ0) is 20.9. The zero-order valence-corrected chi connectivity index (χ0v) is 17.8. The monoisotopic (exact) mass is 416 g/mol. The highest BCUT2D eigenvalue weighted by Gasteiger charge is 2.26. The summed E-state index contributed by atoms with van der Waals surface area (Å²) in [6.07, 6.45) is 3.63. The van der Waals surface area contributed by atoms with Crippen LogP contribution in [0.25, 0.3) is 0 Å². The van der Waals surface area contributed by atoms with Crippen molar-refractivity contribution in [2.45, 2.75) is 39.5 Å². The lowest BCUT2D eigenvalue weighted by atomic mass is 10.0. The first-order valence-corrected chi connectivity index (χ1v) is 11.7. The van der Waals surface area contributed by atoms with Crippen molar-refractivity contribution >= 4 is 27.3 Å². The molecule has 0 fully saturated rings. The molecule has 2 aromatic rings. The lowest BCUT2D eigenvalue weighted by Crippen LogP contribution is -2.36. The van der Waals surface area contributed by atoms with Crippen molar-refractivity contribution in [2.75, 3.05) is 28.5 Å². The molecule has 0 saturated carbocycles. The molecule has 0 saturated heterocycles. The predicted molar refractivity (Wildman–Crippen MR) is 116 cm³/mol. The highest BCUT2D eigenvalue weighted by Crippen LogP contribution is 2.32. The largest absolute Gasteiger partial charge is 0.494 e. The fourth-order valence-electron chi connectivity index (χ4n) is 3.33. The van der Waals surface area contributed by atoms with Crippen molar-refractivity contribution in [1.29, 1.82) is 0 Å². The number of sulfonamides is 1. The maximum absolute atomic E-state index is 12.6. The Kier molecular flexibility index (Phi) is 6.79. The lowest BCUT2D eigenvalue weighted by molar-refractivity contribution is 0.102. The number of benzene rings is 2. The van der Waals surface area contributed by atoms with Crippen LogP contribution >= 0.6 is 0 Å². The first-order chi connectivity index (χ1) is 13.9. The van der Waals surface area contributed by atoms with Gasteiger partial charge in [-0.2, -0.15) is 0 Å². The minimum Gasteiger partial charge on any atom is -0.494 e. The molecule has 3 rings (SSSR count). The Labute approximate surface area is 172 Å². The number of anilines is 2. The Balaban J connectivity index is 1.70. The van der Waals surface area contributed by atoms with Crippen LogP contribution in [0.5, 0.6) is 5.75 Å². The summed E-state index contributed by atoms with van der Waals surface area (Å²) in [5.41, 5.74) is 2.85. The third kappa shape index (κ3) is 5.09. The summed E-state index contributed by atoms with van der Waals surface area (Å²) in [5, 5.41) is 2.90. The van der Waals surface area contributed by atoms with Crippen LogP contribution in [0.2, 0.25) is 0 Å². The van der Waals surface area contributed by atoms with Gasteiger partial charge >= 0.3 is 0 Å². The van der Waals surface area contributed by atoms with E-state index in [1.165, 1.54) is 4.31 Å². The number of ether oxygens (including phenoxy) is 1. The van der Waals surface area contributed by atoms with Crippen LogP contribution in [-0.4, -0.2) is 33.2 Å². The molecule has 1 N–H and O–H groups in total. The second-order valence-corrected chi connectivity index (χ2v) is 9.28. The molecule has 1 aliphatic rings. The van der Waals surface area contributed by atoms with Crippen LogP contribution in [0, 0.1) is 0 Å². The molecule has 0 unspecified atom stereocenters. The zero-order valence-electron chi connectivity index (χ0n) is 17.0. The number of hydrogen-bond acceptors (Lipinski definition) is 4. The number of unbranched alkanes of at least 4 members (excludes halogenated alkanes) is 1. The van der Waals surface area contributed by atoms with Crippen molar-refractivity contribution in [2.24, 2.45) is 0 Å². The molecule has 1 amide bonds. The topological polar surface area (TPSA) is 75.7 Å². The Morgan fingerprint density at radius 2 is 1.90 bits per heavy atom. The van der Waals surface area contributed by atoms with E-state index >= 15 is 0 Å². The van der Waals surface area contributed by atoms with E-state index in [-0.39, 0.29) is 11.7 Å². The number of fused-ring (bicyclic) bond motifs is 1. The van der Waals surface area contributed by atoms with Crippen molar-refractivity contribution in [1.82, 2.24) is 0 Å². The van der Waals surface area contributed by atoms with Crippen molar-refractivity contribution in [3.63, 3.8) is 0 Å². The van der Waals surface area contributed by atoms with Gasteiger partial charge in [-0.3, -0.25) is 9.10 Å². The Bertz CT molecular complexity index is 955. The van der Waals surface area contributed by atoms with E-state index in [1.807, 2.05) is 6.07 Å². The fraction of sp³-hybridized carbons (Fsp3) is 0.409. The van der Waals surface area contributed by atoms with E-state index in [4.69, 9.17) is 4.74 Å². The highest BCUT2D eigenvalue weighted by molar-refractivity contribution is 7.92. The SMILES string of the molecule is CCCCOc1ccc(C(=O)Nc2ccc3c(c2)CCCN3S(=O)(=O)CC)cc1. The Hall–Kier alpha value is -2.54. The molecule has 0 aromatic heterocycles. The molecule has 0 spiro atoms. The van der Waals surface area contributed by atoms with E-state index in [2.05, 4.69) is 12.2 Å². The smallest absolute Gasteiger partial charge is 0.255 e. The average molecular weight is 417 g/mol. The van der Waals surface area contributed by atoms with Gasteiger partial charge in [-0.15, -0.1) is 0 Å². The molecule has 156 valence electrons. The number of hydrogen-bond donors (Lipinski definition) is 1. The quantitative estimate of drug-likeness (QED) is 0.654. The molecule has 7 heteroatoms. The predicted octanol–water partition coefficient (Wildman–Crippen LogP) is 4.22. The van der Waals surface area contributed by atoms with E-state index in [0.29, 0.717) is 30.1 Å². The minimum atomic E-state index is -3.29. The minimum absolute atomic E-state index is 0.0725. The first-order valence-electron chi connectivity index (χ1n) is 10.1. The van der Waals surface area contributed by atoms with Crippen molar-refractivity contribution in [3.05, 3.63) is 53.6 Å². The molecule has 29 heavy (non-hydrogen) atoms. The highest BCUT2D eigenvalue weighted by atomic mass is 32.2. The van der Waals surface area contributed by atoms with Gasteiger partial charge in [0.2, 0.25) is 10.0 Å². The standard InChI is InChI=1S/C22H28N2O4S/c1-3-5-15-28-20-11-8-17(9-12-20)22(25)23-19-10-13-21-18(16-19)7-6-14-24(21)29(26,27)4-2/h8-13,16H,3-7,14-15H2,1-2H3,(H,23,25). The van der Waals surface area contributed by atoms with Gasteiger partial charge in [0.05, 0.1) is 18.0 Å². The van der Waals surface area contributed by atoms with Gasteiger partial charge in [0.1, 0.15) is 5.75 Å². The van der Waals surface area contributed by atoms with Crippen LogP contribution < -0.4 is 14.4 Å². The Morgan fingerprint density at radius 1 is 1.14 bits per heavy atom. The maximum Gasteiger partial charge on any atom is 0.255 e. The number of carbonyl (C=O) groups is 1. The number of amides is 1. The van der Waals surface area contributed by atoms with Crippen molar-refractivity contribution in [3.8, 4) is 5.75 Å². The van der Waals surface area contributed by atoms with Gasteiger partial charge < -0.3 is 10.1 Å². The van der Waals surface area contributed by atoms with Gasteiger partial charge in [-0.25, -0.2) is 8.42 Å². The second kappa shape index (κ2) is 9.31. The summed E-state index contributed by atoms with van der Waals surface area (Å²) in [7, 11) is -3.29. The molecular formula is C22H28N2O4S. The number of aryl methyl sites for hydroxylation is 1. The summed E-state index contributed by atoms with van der Waals surface area (Å²) in [4.78, 5) is 12.6. The van der Waals surface area contributed by atoms with Gasteiger partial charge in [0.15, 0.2) is 0 Å². The second-order valence-electron chi connectivity index (χ2n) is 7.10. The molecule has 0 bridgehead atoms. The van der Waals surface area contributed by atoms with Crippen LogP contribution in [0.4, 0.5) is 11.4 Å². The van der Waals surface area contributed by atoms with Gasteiger partial charge in [-0.05, 0) is 74.2 Å². The molecular weight excluding hydrogens is 388 g/mol. The van der Waals surface area contributed by atoms with Gasteiger partial charge in [0, 0.05) is 17.8 Å². The van der Waals surface area contributed by atoms with Crippen LogP contribution in [0.15, 0.2) is 42.5 Å². The average Bonchev–Trinajstić information content (AvgIpc) is 2.73. The number of nitrogens with one attached hydrogen (secondary N) is 1. The third-order valence-corrected chi connectivity index (χ3v) is 6.78. The number of nitrogens with zero attached hydrogens (tertiary/aromatic N) is 1. The summed E-state index contributed by atoms with van der Waals surface area (Å²) in [6.45, 7) is 4.93. The molecule has 6 nitrogen and oxygen atoms in total. The fourth-order valence-corrected chi connectivity index (χ4v) is 4.52.